The summed E-state index contributed by atoms with van der Waals surface area (Å²) in [6, 6.07) is 6.05. The van der Waals surface area contributed by atoms with Crippen LogP contribution in [0.15, 0.2) is 35.6 Å². The van der Waals surface area contributed by atoms with Gasteiger partial charge in [-0.2, -0.15) is 5.10 Å². The Balaban J connectivity index is 0.00000341. The molecule has 0 amide bonds. The van der Waals surface area contributed by atoms with E-state index < -0.39 is 0 Å². The SMILES string of the molecule is CCNC(=NCCCc1cc2c(OC)cc(OC)cc2[nH]1)NCCn1cc(C)cn1.I. The summed E-state index contributed by atoms with van der Waals surface area (Å²) in [5, 5.41) is 12.0. The Kier molecular flexibility index (Phi) is 9.96. The number of hydrogen-bond acceptors (Lipinski definition) is 4. The van der Waals surface area contributed by atoms with Gasteiger partial charge >= 0.3 is 0 Å². The Morgan fingerprint density at radius 2 is 2.03 bits per heavy atom. The highest BCUT2D eigenvalue weighted by atomic mass is 127. The van der Waals surface area contributed by atoms with Crippen LogP contribution in [-0.2, 0) is 13.0 Å². The van der Waals surface area contributed by atoms with Crippen molar-refractivity contribution in [2.24, 2.45) is 4.99 Å². The lowest BCUT2D eigenvalue weighted by molar-refractivity contribution is 0.398. The second-order valence-corrected chi connectivity index (χ2v) is 7.16. The third-order valence-electron chi connectivity index (χ3n) is 4.80. The Labute approximate surface area is 200 Å². The van der Waals surface area contributed by atoms with Gasteiger partial charge in [0.15, 0.2) is 5.96 Å². The van der Waals surface area contributed by atoms with Gasteiger partial charge in [0, 0.05) is 49.0 Å². The average molecular weight is 540 g/mol. The number of guanidine groups is 1. The molecular weight excluding hydrogens is 507 g/mol. The molecule has 0 unspecified atom stereocenters. The molecule has 1 aromatic carbocycles. The number of rotatable bonds is 10. The highest BCUT2D eigenvalue weighted by molar-refractivity contribution is 14.0. The Hall–Kier alpha value is -2.43. The molecule has 2 aromatic heterocycles. The lowest BCUT2D eigenvalue weighted by atomic mass is 10.2. The minimum absolute atomic E-state index is 0. The molecule has 0 aliphatic rings. The van der Waals surface area contributed by atoms with Crippen LogP contribution >= 0.6 is 24.0 Å². The second-order valence-electron chi connectivity index (χ2n) is 7.16. The number of H-pyrrole nitrogens is 1. The Morgan fingerprint density at radius 3 is 2.71 bits per heavy atom. The van der Waals surface area contributed by atoms with Crippen molar-refractivity contribution in [3.8, 4) is 11.5 Å². The highest BCUT2D eigenvalue weighted by Crippen LogP contribution is 2.31. The molecule has 0 aliphatic carbocycles. The number of ether oxygens (including phenoxy) is 2. The van der Waals surface area contributed by atoms with Crippen molar-refractivity contribution in [1.82, 2.24) is 25.4 Å². The van der Waals surface area contributed by atoms with Crippen molar-refractivity contribution in [2.45, 2.75) is 33.2 Å². The Morgan fingerprint density at radius 1 is 1.19 bits per heavy atom. The number of nitrogens with one attached hydrogen (secondary N) is 3. The smallest absolute Gasteiger partial charge is 0.191 e. The standard InChI is InChI=1S/C22H32N6O2.HI/c1-5-23-22(25-9-10-28-15-16(2)14-26-28)24-8-6-7-17-11-19-20(27-17)12-18(29-3)13-21(19)30-4;/h11-15,27H,5-10H2,1-4H3,(H2,23,24,25);1H. The first-order valence-corrected chi connectivity index (χ1v) is 10.4. The molecule has 3 aromatic rings. The van der Waals surface area contributed by atoms with Gasteiger partial charge in [-0.05, 0) is 38.3 Å². The molecule has 3 rings (SSSR count). The fourth-order valence-electron chi connectivity index (χ4n) is 3.34. The monoisotopic (exact) mass is 540 g/mol. The van der Waals surface area contributed by atoms with Gasteiger partial charge in [0.25, 0.3) is 0 Å². The number of aliphatic imine (C=N–C) groups is 1. The topological polar surface area (TPSA) is 88.5 Å². The quantitative estimate of drug-likeness (QED) is 0.159. The van der Waals surface area contributed by atoms with Crippen LogP contribution in [-0.4, -0.2) is 54.6 Å². The van der Waals surface area contributed by atoms with Crippen molar-refractivity contribution in [1.29, 1.82) is 0 Å². The molecule has 0 saturated carbocycles. The average Bonchev–Trinajstić information content (AvgIpc) is 3.35. The molecule has 0 radical (unpaired) electrons. The van der Waals surface area contributed by atoms with Gasteiger partial charge in [-0.3, -0.25) is 9.67 Å². The van der Waals surface area contributed by atoms with Gasteiger partial charge in [-0.1, -0.05) is 0 Å². The van der Waals surface area contributed by atoms with Gasteiger partial charge in [-0.25, -0.2) is 0 Å². The molecule has 0 saturated heterocycles. The van der Waals surface area contributed by atoms with Crippen molar-refractivity contribution in [2.75, 3.05) is 33.9 Å². The molecule has 8 nitrogen and oxygen atoms in total. The summed E-state index contributed by atoms with van der Waals surface area (Å²) in [6.45, 7) is 7.26. The van der Waals surface area contributed by atoms with Crippen LogP contribution in [0.25, 0.3) is 10.9 Å². The summed E-state index contributed by atoms with van der Waals surface area (Å²) in [5.41, 5.74) is 3.36. The van der Waals surface area contributed by atoms with E-state index in [2.05, 4.69) is 38.7 Å². The largest absolute Gasteiger partial charge is 0.497 e. The van der Waals surface area contributed by atoms with Crippen LogP contribution in [0.1, 0.15) is 24.6 Å². The van der Waals surface area contributed by atoms with E-state index in [-0.39, 0.29) is 24.0 Å². The maximum absolute atomic E-state index is 5.49. The molecule has 0 fully saturated rings. The molecule has 0 atom stereocenters. The van der Waals surface area contributed by atoms with Crippen molar-refractivity contribution in [3.63, 3.8) is 0 Å². The van der Waals surface area contributed by atoms with Gasteiger partial charge < -0.3 is 25.1 Å². The van der Waals surface area contributed by atoms with Crippen LogP contribution in [0.5, 0.6) is 11.5 Å². The minimum Gasteiger partial charge on any atom is -0.497 e. The number of hydrogen-bond donors (Lipinski definition) is 3. The molecule has 0 bridgehead atoms. The molecular formula is C22H33IN6O2. The third kappa shape index (κ3) is 7.05. The minimum atomic E-state index is 0. The molecule has 0 aliphatic heterocycles. The number of fused-ring (bicyclic) bond motifs is 1. The van der Waals surface area contributed by atoms with Crippen molar-refractivity contribution >= 4 is 40.8 Å². The maximum Gasteiger partial charge on any atom is 0.191 e. The number of methoxy groups -OCH3 is 2. The summed E-state index contributed by atoms with van der Waals surface area (Å²) in [7, 11) is 3.34. The summed E-state index contributed by atoms with van der Waals surface area (Å²) in [6.07, 6.45) is 5.77. The first-order chi connectivity index (χ1) is 14.6. The third-order valence-corrected chi connectivity index (χ3v) is 4.80. The zero-order valence-corrected chi connectivity index (χ0v) is 21.0. The van der Waals surface area contributed by atoms with E-state index in [1.54, 1.807) is 14.2 Å². The summed E-state index contributed by atoms with van der Waals surface area (Å²) in [5.74, 6) is 2.43. The van der Waals surface area contributed by atoms with Crippen molar-refractivity contribution in [3.05, 3.63) is 41.9 Å². The lowest BCUT2D eigenvalue weighted by Gasteiger charge is -2.11. The first kappa shape index (κ1) is 24.8. The van der Waals surface area contributed by atoms with E-state index in [1.807, 2.05) is 36.1 Å². The fraction of sp³-hybridized carbons (Fsp3) is 0.455. The normalized spacial score (nSPS) is 11.3. The van der Waals surface area contributed by atoms with E-state index in [0.717, 1.165) is 67.4 Å². The van der Waals surface area contributed by atoms with Crippen LogP contribution in [0.2, 0.25) is 0 Å². The Bertz CT molecular complexity index is 982. The van der Waals surface area contributed by atoms with E-state index in [1.165, 1.54) is 11.3 Å². The zero-order chi connectivity index (χ0) is 21.3. The molecule has 170 valence electrons. The molecule has 9 heteroatoms. The van der Waals surface area contributed by atoms with E-state index in [4.69, 9.17) is 9.47 Å². The highest BCUT2D eigenvalue weighted by Gasteiger charge is 2.09. The molecule has 0 spiro atoms. The second kappa shape index (κ2) is 12.4. The predicted molar refractivity (Wildman–Crippen MR) is 136 cm³/mol. The van der Waals surface area contributed by atoms with Crippen LogP contribution < -0.4 is 20.1 Å². The van der Waals surface area contributed by atoms with E-state index >= 15 is 0 Å². The van der Waals surface area contributed by atoms with E-state index in [0.29, 0.717) is 0 Å². The van der Waals surface area contributed by atoms with Crippen LogP contribution in [0, 0.1) is 6.92 Å². The number of benzene rings is 1. The van der Waals surface area contributed by atoms with Gasteiger partial charge in [0.1, 0.15) is 11.5 Å². The zero-order valence-electron chi connectivity index (χ0n) is 18.7. The van der Waals surface area contributed by atoms with Crippen LogP contribution in [0.3, 0.4) is 0 Å². The number of nitrogens with zero attached hydrogens (tertiary/aromatic N) is 3. The molecule has 31 heavy (non-hydrogen) atoms. The number of aryl methyl sites for hydroxylation is 2. The summed E-state index contributed by atoms with van der Waals surface area (Å²) < 4.78 is 12.8. The first-order valence-electron chi connectivity index (χ1n) is 10.4. The van der Waals surface area contributed by atoms with Crippen molar-refractivity contribution < 1.29 is 9.47 Å². The number of aromatic amines is 1. The number of aromatic nitrogens is 3. The lowest BCUT2D eigenvalue weighted by Crippen LogP contribution is -2.39. The maximum atomic E-state index is 5.49. The van der Waals surface area contributed by atoms with Crippen LogP contribution in [0.4, 0.5) is 0 Å². The summed E-state index contributed by atoms with van der Waals surface area (Å²) in [4.78, 5) is 8.15. The predicted octanol–water partition coefficient (Wildman–Crippen LogP) is 3.50. The summed E-state index contributed by atoms with van der Waals surface area (Å²) >= 11 is 0. The van der Waals surface area contributed by atoms with E-state index in [9.17, 15) is 0 Å². The molecule has 3 N–H and O–H groups in total. The van der Waals surface area contributed by atoms with Gasteiger partial charge in [0.05, 0.1) is 32.5 Å². The number of halogens is 1. The fourth-order valence-corrected chi connectivity index (χ4v) is 3.34. The van der Waals surface area contributed by atoms with Gasteiger partial charge in [-0.15, -0.1) is 24.0 Å². The van der Waals surface area contributed by atoms with Gasteiger partial charge in [0.2, 0.25) is 0 Å². The molecule has 2 heterocycles.